The molecule has 16 heavy (non-hydrogen) atoms. The van der Waals surface area contributed by atoms with Crippen LogP contribution in [-0.2, 0) is 4.79 Å². The lowest BCUT2D eigenvalue weighted by Crippen LogP contribution is -2.19. The fourth-order valence-corrected chi connectivity index (χ4v) is 2.05. The quantitative estimate of drug-likeness (QED) is 0.758. The van der Waals surface area contributed by atoms with Crippen molar-refractivity contribution >= 4 is 11.9 Å². The zero-order valence-corrected chi connectivity index (χ0v) is 9.69. The molecule has 1 aromatic rings. The number of carbonyl (C=O) groups is 1. The fraction of sp³-hybridized carbons (Fsp3) is 0.357. The summed E-state index contributed by atoms with van der Waals surface area (Å²) in [6.07, 6.45) is 3.43. The maximum absolute atomic E-state index is 11.1. The Morgan fingerprint density at radius 2 is 2.19 bits per heavy atom. The van der Waals surface area contributed by atoms with E-state index in [0.717, 1.165) is 17.7 Å². The van der Waals surface area contributed by atoms with Gasteiger partial charge in [-0.2, -0.15) is 0 Å². The van der Waals surface area contributed by atoms with Gasteiger partial charge in [-0.25, -0.2) is 0 Å². The molecule has 2 nitrogen and oxygen atoms in total. The average molecular weight is 216 g/mol. The molecule has 0 saturated heterocycles. The first-order valence-electron chi connectivity index (χ1n) is 5.57. The number of benzene rings is 1. The highest BCUT2D eigenvalue weighted by Gasteiger charge is 2.18. The maximum atomic E-state index is 11.1. The summed E-state index contributed by atoms with van der Waals surface area (Å²) in [5.74, 6) is 1.06. The Balaban J connectivity index is 2.28. The molecule has 0 aromatic heterocycles. The minimum Gasteiger partial charge on any atom is -0.489 e. The number of ketones is 1. The summed E-state index contributed by atoms with van der Waals surface area (Å²) >= 11 is 0. The molecule has 0 spiro atoms. The van der Waals surface area contributed by atoms with Crippen LogP contribution >= 0.6 is 0 Å². The van der Waals surface area contributed by atoms with Crippen LogP contribution < -0.4 is 4.74 Å². The molecular formula is C14H16O2. The van der Waals surface area contributed by atoms with Gasteiger partial charge >= 0.3 is 0 Å². The van der Waals surface area contributed by atoms with E-state index in [1.54, 1.807) is 6.92 Å². The predicted octanol–water partition coefficient (Wildman–Crippen LogP) is 3.22. The van der Waals surface area contributed by atoms with Crippen LogP contribution in [0.5, 0.6) is 5.75 Å². The van der Waals surface area contributed by atoms with Crippen LogP contribution in [0.2, 0.25) is 0 Å². The van der Waals surface area contributed by atoms with Crippen molar-refractivity contribution in [2.24, 2.45) is 0 Å². The van der Waals surface area contributed by atoms with Crippen LogP contribution in [0.15, 0.2) is 29.8 Å². The second kappa shape index (κ2) is 4.52. The second-order valence-corrected chi connectivity index (χ2v) is 4.38. The predicted molar refractivity (Wildman–Crippen MR) is 64.4 cm³/mol. The number of ether oxygens (including phenoxy) is 1. The summed E-state index contributed by atoms with van der Waals surface area (Å²) in [4.78, 5) is 11.1. The van der Waals surface area contributed by atoms with E-state index in [1.165, 1.54) is 5.57 Å². The monoisotopic (exact) mass is 216 g/mol. The maximum Gasteiger partial charge on any atom is 0.133 e. The Labute approximate surface area is 95.9 Å². The van der Waals surface area contributed by atoms with E-state index in [0.29, 0.717) is 6.42 Å². The third kappa shape index (κ3) is 2.51. The van der Waals surface area contributed by atoms with E-state index in [-0.39, 0.29) is 11.9 Å². The van der Waals surface area contributed by atoms with E-state index in [2.05, 4.69) is 13.0 Å². The summed E-state index contributed by atoms with van der Waals surface area (Å²) in [5, 5.41) is 0. The minimum atomic E-state index is -0.0163. The van der Waals surface area contributed by atoms with Crippen LogP contribution in [0.1, 0.15) is 32.3 Å². The molecule has 0 aliphatic carbocycles. The van der Waals surface area contributed by atoms with Gasteiger partial charge < -0.3 is 4.74 Å². The first kappa shape index (κ1) is 10.9. The Bertz CT molecular complexity index is 432. The van der Waals surface area contributed by atoms with Crippen molar-refractivity contribution < 1.29 is 9.53 Å². The third-order valence-corrected chi connectivity index (χ3v) is 2.68. The average Bonchev–Trinajstić information content (AvgIpc) is 2.33. The largest absolute Gasteiger partial charge is 0.489 e. The molecule has 1 aromatic carbocycles. The summed E-state index contributed by atoms with van der Waals surface area (Å²) in [7, 11) is 0. The summed E-state index contributed by atoms with van der Waals surface area (Å²) < 4.78 is 5.87. The van der Waals surface area contributed by atoms with E-state index < -0.39 is 0 Å². The lowest BCUT2D eigenvalue weighted by Gasteiger charge is -2.16. The normalized spacial score (nSPS) is 19.1. The van der Waals surface area contributed by atoms with E-state index in [9.17, 15) is 4.79 Å². The topological polar surface area (TPSA) is 26.3 Å². The highest BCUT2D eigenvalue weighted by Crippen LogP contribution is 2.28. The first-order chi connectivity index (χ1) is 7.65. The molecule has 0 N–H and O–H groups in total. The number of para-hydroxylation sites is 1. The Kier molecular flexibility index (Phi) is 3.09. The van der Waals surface area contributed by atoms with Gasteiger partial charge in [0.15, 0.2) is 0 Å². The minimum absolute atomic E-state index is 0.0163. The second-order valence-electron chi connectivity index (χ2n) is 4.38. The number of hydrogen-bond donors (Lipinski definition) is 0. The zero-order chi connectivity index (χ0) is 11.5. The number of Topliss-reactive ketones (excluding diaryl/α,β-unsaturated/α-hetero) is 1. The zero-order valence-electron chi connectivity index (χ0n) is 9.69. The molecule has 1 aliphatic rings. The highest BCUT2D eigenvalue weighted by atomic mass is 16.5. The summed E-state index contributed by atoms with van der Waals surface area (Å²) in [5.41, 5.74) is 2.36. The van der Waals surface area contributed by atoms with Gasteiger partial charge in [-0.05, 0) is 19.9 Å². The number of rotatable bonds is 2. The molecular weight excluding hydrogens is 200 g/mol. The van der Waals surface area contributed by atoms with Crippen LogP contribution in [-0.4, -0.2) is 11.9 Å². The molecule has 0 saturated carbocycles. The highest BCUT2D eigenvalue weighted by molar-refractivity contribution is 5.76. The standard InChI is InChI=1S/C14H16O2/c1-10-7-12-5-3-4-6-14(12)16-13(8-10)9-11(2)15/h3-7,13H,8-9H2,1-2H3. The molecule has 2 heteroatoms. The van der Waals surface area contributed by atoms with Crippen molar-refractivity contribution in [2.75, 3.05) is 0 Å². The van der Waals surface area contributed by atoms with Crippen molar-refractivity contribution in [3.8, 4) is 5.75 Å². The number of carbonyl (C=O) groups excluding carboxylic acids is 1. The van der Waals surface area contributed by atoms with Crippen molar-refractivity contribution in [3.05, 3.63) is 35.4 Å². The molecule has 1 unspecified atom stereocenters. The molecule has 84 valence electrons. The van der Waals surface area contributed by atoms with Gasteiger partial charge in [0.25, 0.3) is 0 Å². The molecule has 1 aliphatic heterocycles. The summed E-state index contributed by atoms with van der Waals surface area (Å²) in [6, 6.07) is 7.95. The molecule has 0 fully saturated rings. The van der Waals surface area contributed by atoms with Crippen LogP contribution in [0.3, 0.4) is 0 Å². The molecule has 2 rings (SSSR count). The van der Waals surface area contributed by atoms with Gasteiger partial charge in [0.2, 0.25) is 0 Å². The number of hydrogen-bond acceptors (Lipinski definition) is 2. The molecule has 1 heterocycles. The van der Waals surface area contributed by atoms with Gasteiger partial charge in [-0.1, -0.05) is 29.8 Å². The van der Waals surface area contributed by atoms with Crippen LogP contribution in [0, 0.1) is 0 Å². The van der Waals surface area contributed by atoms with E-state index >= 15 is 0 Å². The van der Waals surface area contributed by atoms with Crippen molar-refractivity contribution in [3.63, 3.8) is 0 Å². The van der Waals surface area contributed by atoms with Crippen molar-refractivity contribution in [1.29, 1.82) is 0 Å². The fourth-order valence-electron chi connectivity index (χ4n) is 2.05. The van der Waals surface area contributed by atoms with Gasteiger partial charge in [-0.3, -0.25) is 4.79 Å². The SMILES string of the molecule is CC(=O)CC1CC(C)=Cc2ccccc2O1. The van der Waals surface area contributed by atoms with Crippen molar-refractivity contribution in [1.82, 2.24) is 0 Å². The summed E-state index contributed by atoms with van der Waals surface area (Å²) in [6.45, 7) is 3.69. The lowest BCUT2D eigenvalue weighted by molar-refractivity contribution is -0.118. The van der Waals surface area contributed by atoms with E-state index in [1.807, 2.05) is 24.3 Å². The molecule has 0 bridgehead atoms. The molecule has 0 radical (unpaired) electrons. The lowest BCUT2D eigenvalue weighted by atomic mass is 10.0. The first-order valence-corrected chi connectivity index (χ1v) is 5.57. The smallest absolute Gasteiger partial charge is 0.133 e. The third-order valence-electron chi connectivity index (χ3n) is 2.68. The van der Waals surface area contributed by atoms with Crippen LogP contribution in [0.25, 0.3) is 6.08 Å². The molecule has 1 atom stereocenters. The van der Waals surface area contributed by atoms with Gasteiger partial charge in [-0.15, -0.1) is 0 Å². The van der Waals surface area contributed by atoms with Gasteiger partial charge in [0, 0.05) is 18.4 Å². The van der Waals surface area contributed by atoms with Crippen LogP contribution in [0.4, 0.5) is 0 Å². The van der Waals surface area contributed by atoms with E-state index in [4.69, 9.17) is 4.74 Å². The van der Waals surface area contributed by atoms with Gasteiger partial charge in [0.05, 0.1) is 0 Å². The Hall–Kier alpha value is -1.57. The Morgan fingerprint density at radius 3 is 2.94 bits per heavy atom. The number of fused-ring (bicyclic) bond motifs is 1. The van der Waals surface area contributed by atoms with Crippen molar-refractivity contribution in [2.45, 2.75) is 32.8 Å². The van der Waals surface area contributed by atoms with Gasteiger partial charge in [0.1, 0.15) is 17.6 Å². The Morgan fingerprint density at radius 1 is 1.44 bits per heavy atom. The molecule has 0 amide bonds.